The normalized spacial score (nSPS) is 22.0. The van der Waals surface area contributed by atoms with Gasteiger partial charge >= 0.3 is 6.03 Å². The minimum absolute atomic E-state index is 0.000199. The Morgan fingerprint density at radius 2 is 2.00 bits per heavy atom. The van der Waals surface area contributed by atoms with Crippen LogP contribution in [-0.4, -0.2) is 50.0 Å². The number of nitrogens with one attached hydrogen (secondary N) is 1. The zero-order valence-corrected chi connectivity index (χ0v) is 14.1. The van der Waals surface area contributed by atoms with Crippen molar-refractivity contribution in [2.24, 2.45) is 0 Å². The number of hydrogen-bond acceptors (Lipinski definition) is 3. The fourth-order valence-electron chi connectivity index (χ4n) is 2.48. The van der Waals surface area contributed by atoms with Gasteiger partial charge in [0.25, 0.3) is 0 Å². The molecule has 1 aromatic carbocycles. The molecule has 0 spiro atoms. The highest BCUT2D eigenvalue weighted by Crippen LogP contribution is 2.40. The molecule has 0 aromatic heterocycles. The Labute approximate surface area is 132 Å². The van der Waals surface area contributed by atoms with Gasteiger partial charge in [0.1, 0.15) is 0 Å². The van der Waals surface area contributed by atoms with Crippen LogP contribution in [0.2, 0.25) is 0 Å². The summed E-state index contributed by atoms with van der Waals surface area (Å²) in [6.07, 6.45) is 0.936. The van der Waals surface area contributed by atoms with Crippen LogP contribution >= 0.6 is 0 Å². The molecule has 0 saturated heterocycles. The van der Waals surface area contributed by atoms with Crippen molar-refractivity contribution < 1.29 is 13.2 Å². The highest BCUT2D eigenvalue weighted by molar-refractivity contribution is 7.91. The third kappa shape index (κ3) is 4.22. The summed E-state index contributed by atoms with van der Waals surface area (Å²) in [7, 11) is -1.44. The number of hydrogen-bond donors (Lipinski definition) is 1. The van der Waals surface area contributed by atoms with Gasteiger partial charge in [0.05, 0.1) is 5.75 Å². The predicted molar refractivity (Wildman–Crippen MR) is 87.7 cm³/mol. The second kappa shape index (κ2) is 6.69. The summed E-state index contributed by atoms with van der Waals surface area (Å²) in [5.41, 5.74) is 1.23. The quantitative estimate of drug-likeness (QED) is 0.870. The first-order valence-corrected chi connectivity index (χ1v) is 9.45. The Kier molecular flexibility index (Phi) is 5.11. The molecule has 0 bridgehead atoms. The predicted octanol–water partition coefficient (Wildman–Crippen LogP) is 2.01. The summed E-state index contributed by atoms with van der Waals surface area (Å²) in [6, 6.07) is 9.71. The average Bonchev–Trinajstić information content (AvgIpc) is 3.26. The molecule has 0 aliphatic heterocycles. The van der Waals surface area contributed by atoms with E-state index in [4.69, 9.17) is 0 Å². The van der Waals surface area contributed by atoms with Gasteiger partial charge in [0.15, 0.2) is 9.84 Å². The lowest BCUT2D eigenvalue weighted by atomic mass is 10.1. The smallest absolute Gasteiger partial charge is 0.317 e. The van der Waals surface area contributed by atoms with Crippen molar-refractivity contribution in [2.45, 2.75) is 38.3 Å². The van der Waals surface area contributed by atoms with Crippen LogP contribution in [0.25, 0.3) is 0 Å². The summed E-state index contributed by atoms with van der Waals surface area (Å²) >= 11 is 0. The molecule has 1 N–H and O–H groups in total. The van der Waals surface area contributed by atoms with Gasteiger partial charge in [-0.25, -0.2) is 13.2 Å². The number of amides is 2. The van der Waals surface area contributed by atoms with Crippen LogP contribution in [0.15, 0.2) is 30.3 Å². The van der Waals surface area contributed by atoms with Gasteiger partial charge in [0, 0.05) is 30.8 Å². The Bertz CT molecular complexity index is 616. The number of carbonyl (C=O) groups excluding carboxylic acids is 1. The van der Waals surface area contributed by atoms with Crippen molar-refractivity contribution in [2.75, 3.05) is 18.6 Å². The minimum atomic E-state index is -3.09. The van der Waals surface area contributed by atoms with Crippen molar-refractivity contribution >= 4 is 15.9 Å². The monoisotopic (exact) mass is 324 g/mol. The minimum Gasteiger partial charge on any atom is -0.335 e. The van der Waals surface area contributed by atoms with E-state index >= 15 is 0 Å². The number of benzene rings is 1. The lowest BCUT2D eigenvalue weighted by Gasteiger charge is -2.25. The molecule has 1 aromatic rings. The largest absolute Gasteiger partial charge is 0.335 e. The Balaban J connectivity index is 1.85. The zero-order chi connectivity index (χ0) is 16.3. The van der Waals surface area contributed by atoms with Crippen molar-refractivity contribution in [3.05, 3.63) is 35.9 Å². The summed E-state index contributed by atoms with van der Waals surface area (Å²) in [5, 5.41) is 2.98. The maximum atomic E-state index is 12.2. The third-order valence-electron chi connectivity index (χ3n) is 4.24. The number of rotatable bonds is 6. The molecule has 1 aliphatic rings. The van der Waals surface area contributed by atoms with Crippen LogP contribution in [0.1, 0.15) is 31.7 Å². The van der Waals surface area contributed by atoms with Gasteiger partial charge in [-0.1, -0.05) is 37.3 Å². The molecule has 1 saturated carbocycles. The molecule has 0 heterocycles. The first-order valence-electron chi connectivity index (χ1n) is 7.62. The van der Waals surface area contributed by atoms with Crippen molar-refractivity contribution in [1.29, 1.82) is 0 Å². The van der Waals surface area contributed by atoms with Crippen LogP contribution in [-0.2, 0) is 9.84 Å². The molecule has 2 amide bonds. The van der Waals surface area contributed by atoms with Gasteiger partial charge in [-0.3, -0.25) is 0 Å². The van der Waals surface area contributed by atoms with Gasteiger partial charge < -0.3 is 10.2 Å². The van der Waals surface area contributed by atoms with E-state index in [1.54, 1.807) is 20.9 Å². The standard InChI is InChI=1S/C16H24N2O3S/c1-4-22(20,21)11-12(2)18(3)16(19)17-15-10-14(15)13-8-6-5-7-9-13/h5-9,12,14-15H,4,10-11H2,1-3H3,(H,17,19)/t12-,14-,15+/m0/s1. The number of sulfone groups is 1. The molecule has 0 unspecified atom stereocenters. The summed E-state index contributed by atoms with van der Waals surface area (Å²) in [6.45, 7) is 3.38. The number of urea groups is 1. The molecule has 22 heavy (non-hydrogen) atoms. The topological polar surface area (TPSA) is 66.5 Å². The van der Waals surface area contributed by atoms with Crippen LogP contribution in [0, 0.1) is 0 Å². The molecule has 3 atom stereocenters. The average molecular weight is 324 g/mol. The van der Waals surface area contributed by atoms with E-state index in [0.29, 0.717) is 5.92 Å². The molecule has 2 rings (SSSR count). The summed E-state index contributed by atoms with van der Waals surface area (Å²) in [4.78, 5) is 13.7. The van der Waals surface area contributed by atoms with Gasteiger partial charge in [-0.05, 0) is 18.9 Å². The Hall–Kier alpha value is -1.56. The van der Waals surface area contributed by atoms with Crippen LogP contribution in [0.4, 0.5) is 4.79 Å². The van der Waals surface area contributed by atoms with Gasteiger partial charge in [0.2, 0.25) is 0 Å². The first-order chi connectivity index (χ1) is 10.3. The van der Waals surface area contributed by atoms with Crippen LogP contribution in [0.3, 0.4) is 0 Å². The summed E-state index contributed by atoms with van der Waals surface area (Å²) in [5.74, 6) is 0.472. The maximum Gasteiger partial charge on any atom is 0.317 e. The highest BCUT2D eigenvalue weighted by Gasteiger charge is 2.40. The molecule has 6 heteroatoms. The summed E-state index contributed by atoms with van der Waals surface area (Å²) < 4.78 is 23.3. The second-order valence-electron chi connectivity index (χ2n) is 5.97. The molecule has 1 aliphatic carbocycles. The van der Waals surface area contributed by atoms with E-state index in [1.165, 1.54) is 10.5 Å². The first kappa shape index (κ1) is 16.8. The van der Waals surface area contributed by atoms with Gasteiger partial charge in [-0.2, -0.15) is 0 Å². The maximum absolute atomic E-state index is 12.2. The van der Waals surface area contributed by atoms with Crippen LogP contribution in [0.5, 0.6) is 0 Å². The molecular weight excluding hydrogens is 300 g/mol. The van der Waals surface area contributed by atoms with Crippen molar-refractivity contribution in [3.8, 4) is 0 Å². The lowest BCUT2D eigenvalue weighted by molar-refractivity contribution is 0.197. The van der Waals surface area contributed by atoms with E-state index in [2.05, 4.69) is 17.4 Å². The third-order valence-corrected chi connectivity index (χ3v) is 6.11. The SMILES string of the molecule is CCS(=O)(=O)C[C@H](C)N(C)C(=O)N[C@@H]1C[C@H]1c1ccccc1. The molecule has 0 radical (unpaired) electrons. The fourth-order valence-corrected chi connectivity index (χ4v) is 3.68. The Morgan fingerprint density at radius 3 is 2.59 bits per heavy atom. The van der Waals surface area contributed by atoms with E-state index in [9.17, 15) is 13.2 Å². The second-order valence-corrected chi connectivity index (χ2v) is 8.37. The van der Waals surface area contributed by atoms with E-state index in [0.717, 1.165) is 6.42 Å². The van der Waals surface area contributed by atoms with Gasteiger partial charge in [-0.15, -0.1) is 0 Å². The molecule has 122 valence electrons. The zero-order valence-electron chi connectivity index (χ0n) is 13.3. The van der Waals surface area contributed by atoms with Crippen LogP contribution < -0.4 is 5.32 Å². The lowest BCUT2D eigenvalue weighted by Crippen LogP contribution is -2.46. The number of carbonyl (C=O) groups is 1. The molecule has 1 fully saturated rings. The highest BCUT2D eigenvalue weighted by atomic mass is 32.2. The fraction of sp³-hybridized carbons (Fsp3) is 0.562. The van der Waals surface area contributed by atoms with Crippen molar-refractivity contribution in [3.63, 3.8) is 0 Å². The van der Waals surface area contributed by atoms with E-state index in [-0.39, 0.29) is 29.6 Å². The van der Waals surface area contributed by atoms with E-state index in [1.807, 2.05) is 18.2 Å². The molecular formula is C16H24N2O3S. The Morgan fingerprint density at radius 1 is 1.36 bits per heavy atom. The van der Waals surface area contributed by atoms with E-state index < -0.39 is 9.84 Å². The number of nitrogens with zero attached hydrogens (tertiary/aromatic N) is 1. The molecule has 5 nitrogen and oxygen atoms in total. The van der Waals surface area contributed by atoms with Crippen molar-refractivity contribution in [1.82, 2.24) is 10.2 Å².